The van der Waals surface area contributed by atoms with E-state index in [1.54, 1.807) is 0 Å². The molecule has 0 bridgehead atoms. The summed E-state index contributed by atoms with van der Waals surface area (Å²) < 4.78 is 10.2. The second-order valence-electron chi connectivity index (χ2n) is 6.39. The van der Waals surface area contributed by atoms with Crippen LogP contribution in [0.1, 0.15) is 17.0 Å². The molecule has 0 fully saturated rings. The average Bonchev–Trinajstić information content (AvgIpc) is 2.80. The second kappa shape index (κ2) is 6.65. The number of aromatic nitrogens is 2. The van der Waals surface area contributed by atoms with Crippen LogP contribution in [0.25, 0.3) is 11.0 Å². The molecule has 3 aromatic rings. The summed E-state index contributed by atoms with van der Waals surface area (Å²) >= 11 is 0. The van der Waals surface area contributed by atoms with Crippen LogP contribution in [-0.2, 0) is 13.6 Å². The summed E-state index contributed by atoms with van der Waals surface area (Å²) in [6.45, 7) is 6.91. The summed E-state index contributed by atoms with van der Waals surface area (Å²) in [5.41, 5.74) is 4.48. The van der Waals surface area contributed by atoms with E-state index in [1.807, 2.05) is 51.2 Å². The minimum absolute atomic E-state index is 0.279. The topological polar surface area (TPSA) is 38.3 Å². The predicted molar refractivity (Wildman–Crippen MR) is 95.3 cm³/mol. The Morgan fingerprint density at radius 2 is 1.71 bits per heavy atom. The summed E-state index contributed by atoms with van der Waals surface area (Å²) in [5, 5.41) is 10.5. The highest BCUT2D eigenvalue weighted by Gasteiger charge is 2.21. The van der Waals surface area contributed by atoms with Crippen LogP contribution in [0.4, 0.5) is 0 Å². The first kappa shape index (κ1) is 16.5. The van der Waals surface area contributed by atoms with E-state index < -0.39 is 6.10 Å². The number of para-hydroxylation sites is 3. The average molecular weight is 325 g/mol. The van der Waals surface area contributed by atoms with Crippen molar-refractivity contribution in [3.05, 3.63) is 59.4 Å². The molecule has 2 aromatic carbocycles. The predicted octanol–water partition coefficient (Wildman–Crippen LogP) is 2.83. The van der Waals surface area contributed by atoms with E-state index in [0.29, 0.717) is 6.54 Å². The zero-order valence-corrected chi connectivity index (χ0v) is 14.8. The Hall–Kier alpha value is -2.33. The van der Waals surface area contributed by atoms with E-state index >= 15 is 0 Å². The molecule has 1 heterocycles. The Labute approximate surface area is 142 Å². The highest BCUT2D eigenvalue weighted by atomic mass is 16.5. The largest absolute Gasteiger partial charge is 0.490 e. The Morgan fingerprint density at radius 3 is 2.42 bits per heavy atom. The zero-order chi connectivity index (χ0) is 17.3. The third kappa shape index (κ3) is 3.02. The van der Waals surface area contributed by atoms with Crippen molar-refractivity contribution in [2.45, 2.75) is 33.4 Å². The number of aliphatic hydroxyl groups is 1. The van der Waals surface area contributed by atoms with E-state index in [1.165, 1.54) is 0 Å². The minimum atomic E-state index is -0.571. The van der Waals surface area contributed by atoms with E-state index in [9.17, 15) is 5.11 Å². The first-order chi connectivity index (χ1) is 11.5. The monoisotopic (exact) mass is 325 g/mol. The van der Waals surface area contributed by atoms with Crippen molar-refractivity contribution in [3.8, 4) is 5.75 Å². The molecule has 0 aliphatic heterocycles. The molecule has 0 radical (unpaired) electrons. The molecular weight excluding hydrogens is 300 g/mol. The number of ether oxygens (including phenoxy) is 1. The van der Waals surface area contributed by atoms with Crippen LogP contribution in [0.3, 0.4) is 0 Å². The van der Waals surface area contributed by atoms with Gasteiger partial charge < -0.3 is 9.84 Å². The highest BCUT2D eigenvalue weighted by Crippen LogP contribution is 2.22. The maximum Gasteiger partial charge on any atom is 0.254 e. The summed E-state index contributed by atoms with van der Waals surface area (Å²) in [6.07, 6.45) is -0.571. The summed E-state index contributed by atoms with van der Waals surface area (Å²) in [5.74, 6) is 1.98. The lowest BCUT2D eigenvalue weighted by Crippen LogP contribution is -2.32. The molecule has 4 nitrogen and oxygen atoms in total. The number of aryl methyl sites for hydroxylation is 3. The van der Waals surface area contributed by atoms with Gasteiger partial charge in [-0.05, 0) is 37.1 Å². The highest BCUT2D eigenvalue weighted by molar-refractivity contribution is 5.72. The number of hydrogen-bond donors (Lipinski definition) is 1. The van der Waals surface area contributed by atoms with Crippen LogP contribution in [0.5, 0.6) is 5.75 Å². The number of fused-ring (bicyclic) bond motifs is 1. The molecule has 0 spiro atoms. The van der Waals surface area contributed by atoms with Crippen LogP contribution < -0.4 is 9.30 Å². The molecule has 0 saturated carbocycles. The number of benzene rings is 2. The maximum atomic E-state index is 10.5. The van der Waals surface area contributed by atoms with Gasteiger partial charge in [-0.3, -0.25) is 0 Å². The van der Waals surface area contributed by atoms with Crippen molar-refractivity contribution in [3.63, 3.8) is 0 Å². The molecule has 24 heavy (non-hydrogen) atoms. The molecular formula is C20H25N2O2+. The SMILES string of the molecule is Cc1cccc(C)c1OCC(O)Cn1c(C)[n+](C)c2ccccc21. The van der Waals surface area contributed by atoms with Crippen molar-refractivity contribution in [2.75, 3.05) is 6.61 Å². The van der Waals surface area contributed by atoms with Gasteiger partial charge in [-0.25, -0.2) is 9.13 Å². The summed E-state index contributed by atoms with van der Waals surface area (Å²) in [4.78, 5) is 0. The molecule has 1 N–H and O–H groups in total. The van der Waals surface area contributed by atoms with Crippen molar-refractivity contribution in [1.29, 1.82) is 0 Å². The lowest BCUT2D eigenvalue weighted by atomic mass is 10.1. The Bertz CT molecular complexity index is 847. The van der Waals surface area contributed by atoms with E-state index in [2.05, 4.69) is 28.2 Å². The van der Waals surface area contributed by atoms with Crippen LogP contribution in [0.2, 0.25) is 0 Å². The molecule has 1 unspecified atom stereocenters. The van der Waals surface area contributed by atoms with E-state index in [0.717, 1.165) is 33.7 Å². The Kier molecular flexibility index (Phi) is 4.58. The van der Waals surface area contributed by atoms with Gasteiger partial charge in [-0.15, -0.1) is 0 Å². The minimum Gasteiger partial charge on any atom is -0.490 e. The van der Waals surface area contributed by atoms with Crippen molar-refractivity contribution in [1.82, 2.24) is 4.57 Å². The van der Waals surface area contributed by atoms with E-state index in [-0.39, 0.29) is 6.61 Å². The Balaban J connectivity index is 1.76. The van der Waals surface area contributed by atoms with E-state index in [4.69, 9.17) is 4.74 Å². The van der Waals surface area contributed by atoms with Gasteiger partial charge in [-0.2, -0.15) is 0 Å². The standard InChI is InChI=1S/C20H25N2O2/c1-14-8-7-9-15(2)20(14)24-13-17(23)12-22-16(3)21(4)18-10-5-6-11-19(18)22/h5-11,17,23H,12-13H2,1-4H3/q+1. The van der Waals surface area contributed by atoms with Gasteiger partial charge >= 0.3 is 0 Å². The normalized spacial score (nSPS) is 12.5. The molecule has 4 heteroatoms. The first-order valence-electron chi connectivity index (χ1n) is 8.30. The van der Waals surface area contributed by atoms with Gasteiger partial charge in [0.15, 0.2) is 11.0 Å². The number of rotatable bonds is 5. The van der Waals surface area contributed by atoms with Crippen molar-refractivity contribution < 1.29 is 14.4 Å². The number of hydrogen-bond acceptors (Lipinski definition) is 2. The maximum absolute atomic E-state index is 10.5. The molecule has 3 rings (SSSR count). The number of nitrogens with zero attached hydrogens (tertiary/aromatic N) is 2. The lowest BCUT2D eigenvalue weighted by molar-refractivity contribution is -0.652. The third-order valence-electron chi connectivity index (χ3n) is 4.63. The van der Waals surface area contributed by atoms with Gasteiger partial charge in [0.25, 0.3) is 5.82 Å². The molecule has 0 aliphatic rings. The van der Waals surface area contributed by atoms with Crippen molar-refractivity contribution >= 4 is 11.0 Å². The van der Waals surface area contributed by atoms with Crippen LogP contribution in [-0.4, -0.2) is 22.4 Å². The molecule has 0 amide bonds. The fourth-order valence-electron chi connectivity index (χ4n) is 3.21. The second-order valence-corrected chi connectivity index (χ2v) is 6.39. The molecule has 0 saturated heterocycles. The number of imidazole rings is 1. The van der Waals surface area contributed by atoms with Crippen molar-refractivity contribution in [2.24, 2.45) is 7.05 Å². The Morgan fingerprint density at radius 1 is 1.04 bits per heavy atom. The van der Waals surface area contributed by atoms with Crippen LogP contribution >= 0.6 is 0 Å². The summed E-state index contributed by atoms with van der Waals surface area (Å²) in [6, 6.07) is 14.3. The van der Waals surface area contributed by atoms with Gasteiger partial charge in [0.2, 0.25) is 0 Å². The smallest absolute Gasteiger partial charge is 0.254 e. The summed E-state index contributed by atoms with van der Waals surface area (Å²) in [7, 11) is 2.05. The lowest BCUT2D eigenvalue weighted by Gasteiger charge is -2.15. The molecule has 0 aliphatic carbocycles. The fourth-order valence-corrected chi connectivity index (χ4v) is 3.21. The first-order valence-corrected chi connectivity index (χ1v) is 8.30. The van der Waals surface area contributed by atoms with Crippen LogP contribution in [0, 0.1) is 20.8 Å². The molecule has 1 aromatic heterocycles. The van der Waals surface area contributed by atoms with Gasteiger partial charge in [0.05, 0.1) is 7.05 Å². The third-order valence-corrected chi connectivity index (χ3v) is 4.63. The van der Waals surface area contributed by atoms with Crippen LogP contribution in [0.15, 0.2) is 42.5 Å². The van der Waals surface area contributed by atoms with Gasteiger partial charge in [0.1, 0.15) is 25.0 Å². The molecule has 126 valence electrons. The molecule has 1 atom stereocenters. The quantitative estimate of drug-likeness (QED) is 0.733. The van der Waals surface area contributed by atoms with Gasteiger partial charge in [0, 0.05) is 6.92 Å². The zero-order valence-electron chi connectivity index (χ0n) is 14.8. The van der Waals surface area contributed by atoms with Gasteiger partial charge in [-0.1, -0.05) is 30.3 Å². The number of aliphatic hydroxyl groups excluding tert-OH is 1. The fraction of sp³-hybridized carbons (Fsp3) is 0.350.